The summed E-state index contributed by atoms with van der Waals surface area (Å²) in [6, 6.07) is 0.465. The van der Waals surface area contributed by atoms with Gasteiger partial charge in [-0.2, -0.15) is 5.10 Å². The maximum Gasteiger partial charge on any atom is 0.237 e. The van der Waals surface area contributed by atoms with Crippen LogP contribution in [-0.2, 0) is 11.8 Å². The standard InChI is InChI=1S/C20H28FN7O/c1-27-17-15(10-25-27)23-12-24-18(17)26-13-8-20(21,9-13)11-22-19(29)16-6-5-14-4-2-3-7-28(14)16/h10,12-14,16H,2-9,11H2,1H3,(H,22,29)(H,23,24,26). The zero-order valence-electron chi connectivity index (χ0n) is 16.8. The summed E-state index contributed by atoms with van der Waals surface area (Å²) in [4.78, 5) is 23.5. The molecule has 0 radical (unpaired) electrons. The number of nitrogens with one attached hydrogen (secondary N) is 2. The van der Waals surface area contributed by atoms with Crippen molar-refractivity contribution in [3.63, 3.8) is 0 Å². The fourth-order valence-electron chi connectivity index (χ4n) is 5.28. The van der Waals surface area contributed by atoms with E-state index < -0.39 is 5.67 Å². The van der Waals surface area contributed by atoms with E-state index in [-0.39, 0.29) is 24.5 Å². The lowest BCUT2D eigenvalue weighted by molar-refractivity contribution is -0.127. The first kappa shape index (κ1) is 18.7. The van der Waals surface area contributed by atoms with Gasteiger partial charge >= 0.3 is 0 Å². The molecule has 0 spiro atoms. The number of nitrogens with zero attached hydrogens (tertiary/aromatic N) is 5. The smallest absolute Gasteiger partial charge is 0.237 e. The van der Waals surface area contributed by atoms with E-state index in [1.807, 2.05) is 7.05 Å². The number of hydrogen-bond donors (Lipinski definition) is 2. The minimum atomic E-state index is -1.36. The number of carbonyl (C=O) groups excluding carboxylic acids is 1. The van der Waals surface area contributed by atoms with Gasteiger partial charge in [0, 0.05) is 32.0 Å². The maximum absolute atomic E-state index is 15.1. The van der Waals surface area contributed by atoms with Gasteiger partial charge in [-0.15, -0.1) is 0 Å². The third-order valence-electron chi connectivity index (χ3n) is 6.82. The molecule has 2 atom stereocenters. The number of anilines is 1. The van der Waals surface area contributed by atoms with E-state index >= 15 is 4.39 Å². The van der Waals surface area contributed by atoms with E-state index in [1.165, 1.54) is 19.2 Å². The van der Waals surface area contributed by atoms with Crippen LogP contribution in [0.2, 0.25) is 0 Å². The molecule has 4 heterocycles. The van der Waals surface area contributed by atoms with Gasteiger partial charge < -0.3 is 10.6 Å². The summed E-state index contributed by atoms with van der Waals surface area (Å²) in [6.45, 7) is 1.08. The molecule has 1 amide bonds. The fourth-order valence-corrected chi connectivity index (χ4v) is 5.28. The molecule has 156 valence electrons. The van der Waals surface area contributed by atoms with Gasteiger partial charge in [0.05, 0.1) is 18.8 Å². The van der Waals surface area contributed by atoms with Crippen molar-refractivity contribution in [2.45, 2.75) is 68.7 Å². The second-order valence-electron chi connectivity index (χ2n) is 8.82. The molecule has 8 nitrogen and oxygen atoms in total. The minimum Gasteiger partial charge on any atom is -0.365 e. The van der Waals surface area contributed by atoms with Crippen molar-refractivity contribution in [2.24, 2.45) is 7.05 Å². The predicted molar refractivity (Wildman–Crippen MR) is 107 cm³/mol. The van der Waals surface area contributed by atoms with E-state index in [9.17, 15) is 4.79 Å². The summed E-state index contributed by atoms with van der Waals surface area (Å²) in [5.74, 6) is 0.670. The first-order chi connectivity index (χ1) is 14.0. The molecule has 1 saturated carbocycles. The van der Waals surface area contributed by atoms with Crippen LogP contribution in [0.15, 0.2) is 12.5 Å². The Hall–Kier alpha value is -2.29. The SMILES string of the molecule is Cn1ncc2ncnc(NC3CC(F)(CNC(=O)C4CCC5CCCCN54)C3)c21. The largest absolute Gasteiger partial charge is 0.365 e. The summed E-state index contributed by atoms with van der Waals surface area (Å²) in [6.07, 6.45) is 9.49. The van der Waals surface area contributed by atoms with E-state index in [1.54, 1.807) is 10.9 Å². The Balaban J connectivity index is 1.14. The molecule has 29 heavy (non-hydrogen) atoms. The lowest BCUT2D eigenvalue weighted by atomic mass is 9.77. The monoisotopic (exact) mass is 401 g/mol. The zero-order valence-corrected chi connectivity index (χ0v) is 16.8. The maximum atomic E-state index is 15.1. The summed E-state index contributed by atoms with van der Waals surface area (Å²) in [5, 5.41) is 10.4. The van der Waals surface area contributed by atoms with Gasteiger partial charge in [0.1, 0.15) is 23.0 Å². The van der Waals surface area contributed by atoms with Crippen molar-refractivity contribution < 1.29 is 9.18 Å². The lowest BCUT2D eigenvalue weighted by Gasteiger charge is -2.42. The molecule has 2 aromatic heterocycles. The van der Waals surface area contributed by atoms with E-state index in [2.05, 4.69) is 30.6 Å². The molecule has 3 aliphatic rings. The number of piperidine rings is 1. The highest BCUT2D eigenvalue weighted by atomic mass is 19.1. The Morgan fingerprint density at radius 1 is 1.28 bits per heavy atom. The molecule has 1 aliphatic carbocycles. The van der Waals surface area contributed by atoms with Crippen molar-refractivity contribution in [2.75, 3.05) is 18.4 Å². The lowest BCUT2D eigenvalue weighted by Crippen LogP contribution is -2.56. The van der Waals surface area contributed by atoms with Crippen LogP contribution in [0.1, 0.15) is 44.9 Å². The molecule has 2 saturated heterocycles. The zero-order chi connectivity index (χ0) is 20.0. The van der Waals surface area contributed by atoms with Crippen LogP contribution >= 0.6 is 0 Å². The van der Waals surface area contributed by atoms with Crippen molar-refractivity contribution in [1.82, 2.24) is 30.0 Å². The molecule has 2 unspecified atom stereocenters. The number of hydrogen-bond acceptors (Lipinski definition) is 6. The summed E-state index contributed by atoms with van der Waals surface area (Å²) in [5.41, 5.74) is 0.219. The number of halogens is 1. The number of fused-ring (bicyclic) bond motifs is 2. The molecular formula is C20H28FN7O. The van der Waals surface area contributed by atoms with Crippen LogP contribution < -0.4 is 10.6 Å². The molecule has 0 bridgehead atoms. The van der Waals surface area contributed by atoms with Crippen molar-refractivity contribution in [3.05, 3.63) is 12.5 Å². The molecule has 0 aromatic carbocycles. The quantitative estimate of drug-likeness (QED) is 0.794. The topological polar surface area (TPSA) is 88.0 Å². The third-order valence-corrected chi connectivity index (χ3v) is 6.82. The van der Waals surface area contributed by atoms with Crippen LogP contribution in [0.5, 0.6) is 0 Å². The average molecular weight is 401 g/mol. The van der Waals surface area contributed by atoms with E-state index in [0.29, 0.717) is 24.7 Å². The van der Waals surface area contributed by atoms with Crippen molar-refractivity contribution in [3.8, 4) is 0 Å². The van der Waals surface area contributed by atoms with Crippen LogP contribution in [-0.4, -0.2) is 67.4 Å². The molecule has 2 aliphatic heterocycles. The first-order valence-electron chi connectivity index (χ1n) is 10.6. The van der Waals surface area contributed by atoms with Crippen molar-refractivity contribution >= 4 is 22.8 Å². The molecule has 2 N–H and O–H groups in total. The average Bonchev–Trinajstić information content (AvgIpc) is 3.29. The molecule has 2 aromatic rings. The first-order valence-corrected chi connectivity index (χ1v) is 10.6. The van der Waals surface area contributed by atoms with Gasteiger partial charge in [-0.05, 0) is 32.2 Å². The summed E-state index contributed by atoms with van der Waals surface area (Å²) >= 11 is 0. The predicted octanol–water partition coefficient (Wildman–Crippen LogP) is 1.78. The Bertz CT molecular complexity index is 909. The second-order valence-corrected chi connectivity index (χ2v) is 8.82. The summed E-state index contributed by atoms with van der Waals surface area (Å²) in [7, 11) is 1.84. The van der Waals surface area contributed by atoms with Crippen LogP contribution in [0, 0.1) is 0 Å². The highest BCUT2D eigenvalue weighted by Gasteiger charge is 2.46. The van der Waals surface area contributed by atoms with Crippen molar-refractivity contribution in [1.29, 1.82) is 0 Å². The number of rotatable bonds is 5. The molecule has 3 fully saturated rings. The highest BCUT2D eigenvalue weighted by Crippen LogP contribution is 2.38. The Morgan fingerprint density at radius 3 is 3.00 bits per heavy atom. The fraction of sp³-hybridized carbons (Fsp3) is 0.700. The van der Waals surface area contributed by atoms with Crippen LogP contribution in [0.25, 0.3) is 11.0 Å². The number of alkyl halides is 1. The number of carbonyl (C=O) groups is 1. The van der Waals surface area contributed by atoms with Gasteiger partial charge in [-0.3, -0.25) is 14.4 Å². The highest BCUT2D eigenvalue weighted by molar-refractivity contribution is 5.85. The number of aromatic nitrogens is 4. The molecular weight excluding hydrogens is 373 g/mol. The third kappa shape index (κ3) is 3.45. The normalized spacial score (nSPS) is 32.0. The van der Waals surface area contributed by atoms with Gasteiger partial charge in [0.15, 0.2) is 5.82 Å². The second kappa shape index (κ2) is 7.19. The molecule has 5 rings (SSSR count). The minimum absolute atomic E-state index is 0.00442. The Labute approximate surface area is 169 Å². The van der Waals surface area contributed by atoms with Gasteiger partial charge in [0.2, 0.25) is 5.91 Å². The van der Waals surface area contributed by atoms with Crippen LogP contribution in [0.3, 0.4) is 0 Å². The van der Waals surface area contributed by atoms with Gasteiger partial charge in [-0.1, -0.05) is 6.42 Å². The van der Waals surface area contributed by atoms with Gasteiger partial charge in [0.25, 0.3) is 0 Å². The van der Waals surface area contributed by atoms with E-state index in [0.717, 1.165) is 36.8 Å². The Kier molecular flexibility index (Phi) is 4.64. The van der Waals surface area contributed by atoms with E-state index in [4.69, 9.17) is 0 Å². The Morgan fingerprint density at radius 2 is 2.14 bits per heavy atom. The number of aryl methyl sites for hydroxylation is 1. The van der Waals surface area contributed by atoms with Crippen LogP contribution in [0.4, 0.5) is 10.2 Å². The van der Waals surface area contributed by atoms with Gasteiger partial charge in [-0.25, -0.2) is 14.4 Å². The molecule has 9 heteroatoms. The number of amides is 1. The summed E-state index contributed by atoms with van der Waals surface area (Å²) < 4.78 is 16.8.